The lowest BCUT2D eigenvalue weighted by Crippen LogP contribution is -2.71. The maximum atomic E-state index is 6.73. The van der Waals surface area contributed by atoms with Gasteiger partial charge in [0.15, 0.2) is 0 Å². The van der Waals surface area contributed by atoms with Gasteiger partial charge in [-0.15, -0.1) is 0 Å². The third kappa shape index (κ3) is 4.06. The summed E-state index contributed by atoms with van der Waals surface area (Å²) in [5.41, 5.74) is 9.92. The van der Waals surface area contributed by atoms with Crippen LogP contribution in [0.15, 0.2) is 60.7 Å². The fourth-order valence-corrected chi connectivity index (χ4v) is 10.4. The van der Waals surface area contributed by atoms with E-state index in [1.54, 1.807) is 0 Å². The fraction of sp³-hybridized carbons (Fsp3) is 0.618. The minimum atomic E-state index is 0.0937. The SMILES string of the molecule is CC1(C)CN(C(=S)C23CC4CC(c5ccccc5)(CC(C2)C42CCCN2OCc2ccccc2)C3)CC[C@@H]1N. The van der Waals surface area contributed by atoms with Crippen molar-refractivity contribution in [2.24, 2.45) is 28.4 Å². The van der Waals surface area contributed by atoms with Gasteiger partial charge in [-0.05, 0) is 85.2 Å². The van der Waals surface area contributed by atoms with Gasteiger partial charge in [-0.1, -0.05) is 86.7 Å². The van der Waals surface area contributed by atoms with Gasteiger partial charge < -0.3 is 10.6 Å². The summed E-state index contributed by atoms with van der Waals surface area (Å²) in [6.07, 6.45) is 9.69. The molecule has 2 aromatic carbocycles. The van der Waals surface area contributed by atoms with Gasteiger partial charge in [-0.25, -0.2) is 0 Å². The molecule has 4 saturated carbocycles. The molecule has 4 aliphatic carbocycles. The van der Waals surface area contributed by atoms with Crippen molar-refractivity contribution >= 4 is 17.2 Å². The topological polar surface area (TPSA) is 41.7 Å². The normalized spacial score (nSPS) is 38.9. The summed E-state index contributed by atoms with van der Waals surface area (Å²) in [7, 11) is 0. The molecule has 1 spiro atoms. The highest BCUT2D eigenvalue weighted by atomic mass is 32.1. The number of benzene rings is 2. The van der Waals surface area contributed by atoms with E-state index in [1.165, 1.54) is 61.1 Å². The van der Waals surface area contributed by atoms with Gasteiger partial charge in [0.1, 0.15) is 0 Å². The van der Waals surface area contributed by atoms with Gasteiger partial charge in [-0.3, -0.25) is 4.84 Å². The first kappa shape index (κ1) is 26.1. The van der Waals surface area contributed by atoms with Crippen molar-refractivity contribution in [3.05, 3.63) is 71.8 Å². The predicted molar refractivity (Wildman–Crippen MR) is 161 cm³/mol. The number of nitrogens with zero attached hydrogens (tertiary/aromatic N) is 2. The van der Waals surface area contributed by atoms with Crippen LogP contribution in [0.2, 0.25) is 0 Å². The maximum absolute atomic E-state index is 6.73. The van der Waals surface area contributed by atoms with Crippen LogP contribution < -0.4 is 5.73 Å². The molecule has 6 fully saturated rings. The van der Waals surface area contributed by atoms with Crippen LogP contribution in [0.1, 0.15) is 76.3 Å². The first-order valence-electron chi connectivity index (χ1n) is 15.3. The van der Waals surface area contributed by atoms with Crippen molar-refractivity contribution in [3.8, 4) is 0 Å². The molecule has 2 unspecified atom stereocenters. The van der Waals surface area contributed by atoms with Crippen LogP contribution in [-0.4, -0.2) is 46.2 Å². The van der Waals surface area contributed by atoms with Crippen LogP contribution in [0.4, 0.5) is 0 Å². The number of thiocarbonyl (C=S) groups is 1. The molecule has 2 aromatic rings. The highest BCUT2D eigenvalue weighted by Gasteiger charge is 2.70. The molecular weight excluding hydrogens is 498 g/mol. The number of piperidine rings is 1. The molecule has 2 N–H and O–H groups in total. The summed E-state index contributed by atoms with van der Waals surface area (Å²) in [5.74, 6) is 1.21. The quantitative estimate of drug-likeness (QED) is 0.437. The van der Waals surface area contributed by atoms with Crippen molar-refractivity contribution in [1.29, 1.82) is 0 Å². The summed E-state index contributed by atoms with van der Waals surface area (Å²) >= 11 is 6.55. The fourth-order valence-electron chi connectivity index (χ4n) is 10.0. The molecular formula is C34H45N3OS. The van der Waals surface area contributed by atoms with Crippen LogP contribution >= 0.6 is 12.2 Å². The van der Waals surface area contributed by atoms with Crippen LogP contribution in [0.3, 0.4) is 0 Å². The van der Waals surface area contributed by atoms with E-state index in [2.05, 4.69) is 84.5 Å². The second-order valence-electron chi connectivity index (χ2n) is 14.4. The van der Waals surface area contributed by atoms with E-state index < -0.39 is 0 Å². The number of hydrogen-bond donors (Lipinski definition) is 1. The molecule has 6 aliphatic rings. The largest absolute Gasteiger partial charge is 0.365 e. The Morgan fingerprint density at radius 3 is 2.28 bits per heavy atom. The lowest BCUT2D eigenvalue weighted by molar-refractivity contribution is -0.279. The zero-order valence-corrected chi connectivity index (χ0v) is 24.6. The number of hydroxylamine groups is 2. The Morgan fingerprint density at radius 1 is 0.949 bits per heavy atom. The Kier molecular flexibility index (Phi) is 6.28. The van der Waals surface area contributed by atoms with Crippen LogP contribution in [-0.2, 0) is 16.9 Å². The molecule has 0 aromatic heterocycles. The molecule has 2 heterocycles. The third-order valence-corrected chi connectivity index (χ3v) is 12.4. The molecule has 0 radical (unpaired) electrons. The molecule has 3 atom stereocenters. The van der Waals surface area contributed by atoms with Gasteiger partial charge in [-0.2, -0.15) is 5.06 Å². The van der Waals surface area contributed by atoms with Crippen LogP contribution in [0.5, 0.6) is 0 Å². The zero-order chi connectivity index (χ0) is 26.9. The lowest BCUT2D eigenvalue weighted by atomic mass is 9.37. The van der Waals surface area contributed by atoms with Crippen LogP contribution in [0.25, 0.3) is 0 Å². The Balaban J connectivity index is 1.23. The minimum Gasteiger partial charge on any atom is -0.365 e. The first-order valence-corrected chi connectivity index (χ1v) is 15.7. The molecule has 2 saturated heterocycles. The van der Waals surface area contributed by atoms with E-state index >= 15 is 0 Å². The first-order chi connectivity index (χ1) is 18.8. The summed E-state index contributed by atoms with van der Waals surface area (Å²) < 4.78 is 0. The summed E-state index contributed by atoms with van der Waals surface area (Å²) in [5, 5.41) is 2.48. The average Bonchev–Trinajstić information content (AvgIpc) is 3.37. The zero-order valence-electron chi connectivity index (χ0n) is 23.8. The number of nitrogens with two attached hydrogens (primary N) is 1. The van der Waals surface area contributed by atoms with Crippen LogP contribution in [0, 0.1) is 22.7 Å². The van der Waals surface area contributed by atoms with E-state index in [1.807, 2.05) is 0 Å². The Hall–Kier alpha value is -1.79. The minimum absolute atomic E-state index is 0.0937. The second-order valence-corrected chi connectivity index (χ2v) is 14.8. The van der Waals surface area contributed by atoms with Crippen molar-refractivity contribution in [2.45, 2.75) is 88.8 Å². The molecule has 0 amide bonds. The van der Waals surface area contributed by atoms with Gasteiger partial charge in [0.05, 0.1) is 17.1 Å². The highest BCUT2D eigenvalue weighted by molar-refractivity contribution is 7.80. The number of hydrogen-bond acceptors (Lipinski definition) is 4. The number of rotatable bonds is 5. The second kappa shape index (κ2) is 9.37. The van der Waals surface area contributed by atoms with Gasteiger partial charge >= 0.3 is 0 Å². The lowest BCUT2D eigenvalue weighted by Gasteiger charge is -2.70. The van der Waals surface area contributed by atoms with E-state index in [4.69, 9.17) is 22.8 Å². The smallest absolute Gasteiger partial charge is 0.0936 e. The van der Waals surface area contributed by atoms with Crippen molar-refractivity contribution < 1.29 is 4.84 Å². The van der Waals surface area contributed by atoms with E-state index in [9.17, 15) is 0 Å². The maximum Gasteiger partial charge on any atom is 0.0936 e. The van der Waals surface area contributed by atoms with Gasteiger partial charge in [0.25, 0.3) is 0 Å². The van der Waals surface area contributed by atoms with Gasteiger partial charge in [0, 0.05) is 31.1 Å². The Morgan fingerprint density at radius 2 is 1.62 bits per heavy atom. The predicted octanol–water partition coefficient (Wildman–Crippen LogP) is 6.49. The van der Waals surface area contributed by atoms with E-state index in [0.717, 1.165) is 26.1 Å². The third-order valence-electron chi connectivity index (χ3n) is 11.7. The summed E-state index contributed by atoms with van der Waals surface area (Å²) in [6, 6.07) is 22.4. The molecule has 4 nitrogen and oxygen atoms in total. The summed E-state index contributed by atoms with van der Waals surface area (Å²) in [6.45, 7) is 8.36. The van der Waals surface area contributed by atoms with Crippen molar-refractivity contribution in [1.82, 2.24) is 9.96 Å². The Bertz CT molecular complexity index is 1200. The van der Waals surface area contributed by atoms with Crippen molar-refractivity contribution in [3.63, 3.8) is 0 Å². The number of likely N-dealkylation sites (tertiary alicyclic amines) is 1. The molecule has 5 heteroatoms. The standard InChI is InChI=1S/C34H45N3OS/c1-31(2)24-36(17-14-29(31)35)30(39)33-20-27-18-32(23-33,26-12-7-4-8-13-26)19-28(21-33)34(27)15-9-16-37(34)38-22-25-10-5-3-6-11-25/h3-8,10-13,27-29H,9,14-24,35H2,1-2H3/t27?,28?,29-,32?,33?,34?/m0/s1. The Labute approximate surface area is 240 Å². The van der Waals surface area contributed by atoms with E-state index in [-0.39, 0.29) is 27.8 Å². The average molecular weight is 544 g/mol. The molecule has 39 heavy (non-hydrogen) atoms. The van der Waals surface area contributed by atoms with Gasteiger partial charge in [0.2, 0.25) is 0 Å². The van der Waals surface area contributed by atoms with E-state index in [0.29, 0.717) is 18.4 Å². The molecule has 4 bridgehead atoms. The molecule has 8 rings (SSSR count). The summed E-state index contributed by atoms with van der Waals surface area (Å²) in [4.78, 5) is 10.6. The molecule has 208 valence electrons. The highest BCUT2D eigenvalue weighted by Crippen LogP contribution is 2.72. The molecule has 2 aliphatic heterocycles. The monoisotopic (exact) mass is 543 g/mol. The van der Waals surface area contributed by atoms with Crippen molar-refractivity contribution in [2.75, 3.05) is 19.6 Å².